The summed E-state index contributed by atoms with van der Waals surface area (Å²) < 4.78 is 34.5. The van der Waals surface area contributed by atoms with Gasteiger partial charge in [0.25, 0.3) is 5.91 Å². The van der Waals surface area contributed by atoms with Crippen LogP contribution in [0, 0.1) is 5.82 Å². The minimum atomic E-state index is -1.59. The molecule has 1 heterocycles. The minimum Gasteiger partial charge on any atom is -0.484 e. The number of aromatic nitrogens is 1. The number of nitrogens with zero attached hydrogens (tertiary/aromatic N) is 1. The van der Waals surface area contributed by atoms with Gasteiger partial charge in [0.05, 0.1) is 10.6 Å². The molecule has 8 heteroatoms. The van der Waals surface area contributed by atoms with Crippen LogP contribution >= 0.6 is 0 Å². The molecule has 0 radical (unpaired) electrons. The Balaban J connectivity index is 1.90. The van der Waals surface area contributed by atoms with Crippen molar-refractivity contribution in [2.75, 3.05) is 20.7 Å². The molecule has 0 saturated carbocycles. The molecule has 29 heavy (non-hydrogen) atoms. The second-order valence-electron chi connectivity index (χ2n) is 6.25. The van der Waals surface area contributed by atoms with Crippen LogP contribution < -0.4 is 15.4 Å². The third-order valence-electron chi connectivity index (χ3n) is 4.23. The Morgan fingerprint density at radius 3 is 2.52 bits per heavy atom. The molecule has 1 aromatic heterocycles. The van der Waals surface area contributed by atoms with Gasteiger partial charge >= 0.3 is 0 Å². The van der Waals surface area contributed by atoms with E-state index in [1.807, 2.05) is 13.1 Å². The summed E-state index contributed by atoms with van der Waals surface area (Å²) in [6.45, 7) is 0.471. The first-order chi connectivity index (χ1) is 14.0. The van der Waals surface area contributed by atoms with Crippen LogP contribution in [0.4, 0.5) is 4.39 Å². The van der Waals surface area contributed by atoms with Crippen molar-refractivity contribution < 1.29 is 18.1 Å². The van der Waals surface area contributed by atoms with Crippen LogP contribution in [0.1, 0.15) is 5.56 Å². The zero-order chi connectivity index (χ0) is 20.8. The van der Waals surface area contributed by atoms with E-state index in [-0.39, 0.29) is 18.3 Å². The summed E-state index contributed by atoms with van der Waals surface area (Å²) in [5, 5.41) is 5.52. The Labute approximate surface area is 171 Å². The van der Waals surface area contributed by atoms with Crippen molar-refractivity contribution in [3.8, 4) is 17.0 Å². The summed E-state index contributed by atoms with van der Waals surface area (Å²) in [6.07, 6.45) is 1.75. The fraction of sp³-hybridized carbons (Fsp3) is 0.190. The van der Waals surface area contributed by atoms with Gasteiger partial charge in [0.1, 0.15) is 11.6 Å². The zero-order valence-electron chi connectivity index (χ0n) is 16.1. The number of carbonyl (C=O) groups is 1. The van der Waals surface area contributed by atoms with Crippen molar-refractivity contribution in [3.63, 3.8) is 0 Å². The largest absolute Gasteiger partial charge is 0.484 e. The number of halogens is 1. The molecular weight excluding hydrogens is 393 g/mol. The van der Waals surface area contributed by atoms with Crippen LogP contribution in [-0.2, 0) is 22.3 Å². The Morgan fingerprint density at radius 2 is 1.86 bits per heavy atom. The highest BCUT2D eigenvalue weighted by Crippen LogP contribution is 2.28. The number of rotatable bonds is 8. The Morgan fingerprint density at radius 1 is 1.14 bits per heavy atom. The van der Waals surface area contributed by atoms with Crippen molar-refractivity contribution in [1.29, 1.82) is 0 Å². The summed E-state index contributed by atoms with van der Waals surface area (Å²) in [6, 6.07) is 14.9. The third kappa shape index (κ3) is 4.90. The Kier molecular flexibility index (Phi) is 6.79. The van der Waals surface area contributed by atoms with Gasteiger partial charge < -0.3 is 15.4 Å². The number of likely N-dealkylation sites (N-methyl/N-ethyl adjacent to an activating group) is 1. The lowest BCUT2D eigenvalue weighted by atomic mass is 10.1. The third-order valence-corrected chi connectivity index (χ3v) is 5.56. The van der Waals surface area contributed by atoms with E-state index in [9.17, 15) is 13.4 Å². The van der Waals surface area contributed by atoms with Crippen LogP contribution in [0.5, 0.6) is 5.75 Å². The first-order valence-electron chi connectivity index (χ1n) is 9.00. The molecule has 1 amide bonds. The van der Waals surface area contributed by atoms with E-state index < -0.39 is 11.0 Å². The molecule has 0 aliphatic rings. The van der Waals surface area contributed by atoms with E-state index in [0.717, 1.165) is 5.56 Å². The molecule has 2 aromatic carbocycles. The number of nitrogens with one attached hydrogen (secondary N) is 2. The summed E-state index contributed by atoms with van der Waals surface area (Å²) in [7, 11) is 1.76. The normalized spacial score (nSPS) is 11.8. The van der Waals surface area contributed by atoms with Crippen LogP contribution in [0.3, 0.4) is 0 Å². The maximum atomic E-state index is 14.4. The number of benzene rings is 2. The Bertz CT molecular complexity index is 1020. The molecule has 0 aliphatic heterocycles. The molecule has 1 atom stereocenters. The Hall–Kier alpha value is -2.97. The van der Waals surface area contributed by atoms with Gasteiger partial charge in [-0.1, -0.05) is 12.1 Å². The number of hydrogen-bond donors (Lipinski definition) is 2. The number of hydrogen-bond acceptors (Lipinski definition) is 4. The predicted molar refractivity (Wildman–Crippen MR) is 110 cm³/mol. The van der Waals surface area contributed by atoms with Gasteiger partial charge in [-0.3, -0.25) is 8.77 Å². The smallest absolute Gasteiger partial charge is 0.257 e. The topological polar surface area (TPSA) is 72.4 Å². The van der Waals surface area contributed by atoms with Gasteiger partial charge in [0, 0.05) is 25.4 Å². The monoisotopic (exact) mass is 415 g/mol. The maximum absolute atomic E-state index is 14.4. The number of amides is 1. The van der Waals surface area contributed by atoms with E-state index in [0.29, 0.717) is 28.4 Å². The van der Waals surface area contributed by atoms with Gasteiger partial charge in [-0.05, 0) is 55.1 Å². The van der Waals surface area contributed by atoms with Crippen molar-refractivity contribution in [1.82, 2.24) is 14.6 Å². The second-order valence-corrected chi connectivity index (χ2v) is 7.62. The molecule has 152 valence electrons. The molecule has 0 aliphatic carbocycles. The highest BCUT2D eigenvalue weighted by molar-refractivity contribution is 7.83. The molecule has 3 rings (SSSR count). The van der Waals surface area contributed by atoms with E-state index in [4.69, 9.17) is 4.74 Å². The SMILES string of the molecule is CNCc1cc(-c2ccccc2F)n(S(=O)c2ccc(OCC(=O)NC)cc2)c1. The standard InChI is InChI=1S/C21H22FN3O3S/c1-23-12-15-11-20(18-5-3-4-6-19(18)22)25(13-15)29(27)17-9-7-16(8-10-17)28-14-21(26)24-2/h3-11,13,23H,12,14H2,1-2H3,(H,24,26). The van der Waals surface area contributed by atoms with Crippen LogP contribution in [-0.4, -0.2) is 34.8 Å². The molecule has 0 bridgehead atoms. The summed E-state index contributed by atoms with van der Waals surface area (Å²) in [5.74, 6) is -0.124. The lowest BCUT2D eigenvalue weighted by molar-refractivity contribution is -0.122. The summed E-state index contributed by atoms with van der Waals surface area (Å²) >= 11 is 0. The molecular formula is C21H22FN3O3S. The van der Waals surface area contributed by atoms with E-state index in [2.05, 4.69) is 10.6 Å². The van der Waals surface area contributed by atoms with Gasteiger partial charge in [-0.15, -0.1) is 0 Å². The molecule has 0 saturated heterocycles. The average molecular weight is 415 g/mol. The van der Waals surface area contributed by atoms with Gasteiger partial charge in [-0.25, -0.2) is 8.60 Å². The van der Waals surface area contributed by atoms with Crippen molar-refractivity contribution in [3.05, 3.63) is 72.2 Å². The van der Waals surface area contributed by atoms with Crippen LogP contribution in [0.25, 0.3) is 11.3 Å². The lowest BCUT2D eigenvalue weighted by Gasteiger charge is -2.10. The first-order valence-corrected chi connectivity index (χ1v) is 10.1. The van der Waals surface area contributed by atoms with Crippen molar-refractivity contribution in [2.24, 2.45) is 0 Å². The van der Waals surface area contributed by atoms with E-state index in [1.54, 1.807) is 52.6 Å². The van der Waals surface area contributed by atoms with Crippen molar-refractivity contribution in [2.45, 2.75) is 11.4 Å². The molecule has 1 unspecified atom stereocenters. The fourth-order valence-corrected chi connectivity index (χ4v) is 3.94. The maximum Gasteiger partial charge on any atom is 0.257 e. The van der Waals surface area contributed by atoms with Gasteiger partial charge in [0.15, 0.2) is 17.6 Å². The molecule has 0 spiro atoms. The predicted octanol–water partition coefficient (Wildman–Crippen LogP) is 2.71. The first kappa shape index (κ1) is 20.8. The molecule has 2 N–H and O–H groups in total. The van der Waals surface area contributed by atoms with Crippen LogP contribution in [0.15, 0.2) is 65.7 Å². The molecule has 0 fully saturated rings. The van der Waals surface area contributed by atoms with Crippen LogP contribution in [0.2, 0.25) is 0 Å². The second kappa shape index (κ2) is 9.49. The highest BCUT2D eigenvalue weighted by Gasteiger charge is 2.17. The van der Waals surface area contributed by atoms with Gasteiger partial charge in [0.2, 0.25) is 0 Å². The highest BCUT2D eigenvalue weighted by atomic mass is 32.2. The van der Waals surface area contributed by atoms with Gasteiger partial charge in [-0.2, -0.15) is 0 Å². The zero-order valence-corrected chi connectivity index (χ0v) is 17.0. The minimum absolute atomic E-state index is 0.0959. The molecule has 6 nitrogen and oxygen atoms in total. The van der Waals surface area contributed by atoms with Crippen molar-refractivity contribution >= 4 is 16.9 Å². The lowest BCUT2D eigenvalue weighted by Crippen LogP contribution is -2.24. The average Bonchev–Trinajstić information content (AvgIpc) is 3.16. The fourth-order valence-electron chi connectivity index (χ4n) is 2.79. The quantitative estimate of drug-likeness (QED) is 0.593. The van der Waals surface area contributed by atoms with E-state index in [1.165, 1.54) is 13.1 Å². The number of carbonyl (C=O) groups excluding carboxylic acids is 1. The number of ether oxygens (including phenoxy) is 1. The summed E-state index contributed by atoms with van der Waals surface area (Å²) in [5.41, 5.74) is 1.81. The molecule has 3 aromatic rings. The van der Waals surface area contributed by atoms with E-state index >= 15 is 0 Å². The summed E-state index contributed by atoms with van der Waals surface area (Å²) in [4.78, 5) is 11.8.